The van der Waals surface area contributed by atoms with Gasteiger partial charge in [-0.1, -0.05) is 29.8 Å². The van der Waals surface area contributed by atoms with Crippen LogP contribution in [0.5, 0.6) is 0 Å². The van der Waals surface area contributed by atoms with Crippen LogP contribution in [0.15, 0.2) is 60.9 Å². The molecule has 0 amide bonds. The molecule has 0 aliphatic rings. The van der Waals surface area contributed by atoms with Crippen molar-refractivity contribution in [1.82, 2.24) is 19.6 Å². The third-order valence-electron chi connectivity index (χ3n) is 4.80. The summed E-state index contributed by atoms with van der Waals surface area (Å²) >= 11 is 6.22. The highest BCUT2D eigenvalue weighted by Crippen LogP contribution is 2.30. The molecule has 2 aromatic carbocycles. The van der Waals surface area contributed by atoms with Crippen LogP contribution in [0.1, 0.15) is 22.5 Å². The highest BCUT2D eigenvalue weighted by atomic mass is 35.5. The van der Waals surface area contributed by atoms with Gasteiger partial charge < -0.3 is 0 Å². The summed E-state index contributed by atoms with van der Waals surface area (Å²) in [4.78, 5) is 0. The Labute approximate surface area is 168 Å². The molecule has 0 spiro atoms. The molecule has 0 atom stereocenters. The van der Waals surface area contributed by atoms with E-state index in [2.05, 4.69) is 42.4 Å². The number of nitrogens with zero attached hydrogens (tertiary/aromatic N) is 5. The normalized spacial score (nSPS) is 10.8. The van der Waals surface area contributed by atoms with Crippen LogP contribution in [0.2, 0.25) is 5.02 Å². The van der Waals surface area contributed by atoms with E-state index in [0.29, 0.717) is 17.1 Å². The molecule has 2 heterocycles. The predicted molar refractivity (Wildman–Crippen MR) is 110 cm³/mol. The van der Waals surface area contributed by atoms with Gasteiger partial charge in [0.15, 0.2) is 0 Å². The first-order valence-electron chi connectivity index (χ1n) is 8.90. The number of hydrogen-bond donors (Lipinski definition) is 0. The van der Waals surface area contributed by atoms with Crippen molar-refractivity contribution in [2.75, 3.05) is 0 Å². The number of aromatic nitrogens is 4. The zero-order valence-electron chi connectivity index (χ0n) is 15.6. The van der Waals surface area contributed by atoms with Crippen LogP contribution in [0.4, 0.5) is 0 Å². The number of halogens is 1. The molecule has 0 saturated heterocycles. The van der Waals surface area contributed by atoms with Crippen molar-refractivity contribution >= 4 is 11.6 Å². The topological polar surface area (TPSA) is 59.4 Å². The Balaban J connectivity index is 1.63. The second-order valence-electron chi connectivity index (χ2n) is 6.63. The lowest BCUT2D eigenvalue weighted by molar-refractivity contribution is 0.659. The highest BCUT2D eigenvalue weighted by molar-refractivity contribution is 6.32. The average Bonchev–Trinajstić information content (AvgIpc) is 3.31. The van der Waals surface area contributed by atoms with Crippen molar-refractivity contribution in [3.05, 3.63) is 88.5 Å². The number of hydrogen-bond acceptors (Lipinski definition) is 3. The summed E-state index contributed by atoms with van der Waals surface area (Å²) in [5.74, 6) is 0. The summed E-state index contributed by atoms with van der Waals surface area (Å²) in [5, 5.41) is 18.5. The first-order chi connectivity index (χ1) is 13.6. The molecule has 2 aromatic heterocycles. The van der Waals surface area contributed by atoms with Crippen molar-refractivity contribution in [3.63, 3.8) is 0 Å². The maximum absolute atomic E-state index is 9.08. The van der Waals surface area contributed by atoms with E-state index in [-0.39, 0.29) is 0 Å². The molecule has 0 saturated carbocycles. The molecule has 0 fully saturated rings. The van der Waals surface area contributed by atoms with Crippen LogP contribution in [0.3, 0.4) is 0 Å². The SMILES string of the molecule is Cc1nn(Cc2ccc(-n3cccn3)cc2)c(C)c1-c1ccc(C#N)c(Cl)c1. The zero-order chi connectivity index (χ0) is 19.7. The van der Waals surface area contributed by atoms with E-state index in [1.807, 2.05) is 40.7 Å². The number of benzene rings is 2. The second-order valence-corrected chi connectivity index (χ2v) is 7.03. The molecule has 6 heteroatoms. The van der Waals surface area contributed by atoms with Crippen LogP contribution < -0.4 is 0 Å². The van der Waals surface area contributed by atoms with Crippen LogP contribution >= 0.6 is 11.6 Å². The number of aryl methyl sites for hydroxylation is 1. The van der Waals surface area contributed by atoms with Crippen LogP contribution in [-0.4, -0.2) is 19.6 Å². The molecule has 28 heavy (non-hydrogen) atoms. The maximum atomic E-state index is 9.08. The van der Waals surface area contributed by atoms with Crippen molar-refractivity contribution in [1.29, 1.82) is 5.26 Å². The second kappa shape index (κ2) is 7.34. The number of nitriles is 1. The maximum Gasteiger partial charge on any atom is 0.101 e. The Bertz CT molecular complexity index is 1170. The lowest BCUT2D eigenvalue weighted by Crippen LogP contribution is -2.04. The van der Waals surface area contributed by atoms with Gasteiger partial charge in [0, 0.05) is 23.7 Å². The minimum atomic E-state index is 0.459. The van der Waals surface area contributed by atoms with E-state index >= 15 is 0 Å². The molecule has 0 aliphatic carbocycles. The third kappa shape index (κ3) is 3.30. The van der Waals surface area contributed by atoms with Crippen molar-refractivity contribution in [3.8, 4) is 22.9 Å². The lowest BCUT2D eigenvalue weighted by atomic mass is 10.0. The predicted octanol–water partition coefficient (Wildman–Crippen LogP) is 4.93. The quantitative estimate of drug-likeness (QED) is 0.499. The first-order valence-corrected chi connectivity index (χ1v) is 9.27. The highest BCUT2D eigenvalue weighted by Gasteiger charge is 2.15. The van der Waals surface area contributed by atoms with Crippen LogP contribution in [0, 0.1) is 25.2 Å². The first kappa shape index (κ1) is 18.0. The molecular formula is C22H18ClN5. The fourth-order valence-electron chi connectivity index (χ4n) is 3.38. The fraction of sp³-hybridized carbons (Fsp3) is 0.136. The minimum Gasteiger partial charge on any atom is -0.265 e. The van der Waals surface area contributed by atoms with Gasteiger partial charge in [-0.15, -0.1) is 0 Å². The van der Waals surface area contributed by atoms with Gasteiger partial charge >= 0.3 is 0 Å². The smallest absolute Gasteiger partial charge is 0.101 e. The van der Waals surface area contributed by atoms with E-state index in [9.17, 15) is 0 Å². The summed E-state index contributed by atoms with van der Waals surface area (Å²) in [7, 11) is 0. The summed E-state index contributed by atoms with van der Waals surface area (Å²) in [6, 6.07) is 17.8. The van der Waals surface area contributed by atoms with Crippen molar-refractivity contribution < 1.29 is 0 Å². The van der Waals surface area contributed by atoms with Gasteiger partial charge in [-0.05, 0) is 55.3 Å². The molecule has 0 unspecified atom stereocenters. The van der Waals surface area contributed by atoms with Crippen LogP contribution in [-0.2, 0) is 6.54 Å². The molecule has 4 aromatic rings. The van der Waals surface area contributed by atoms with E-state index in [4.69, 9.17) is 22.0 Å². The van der Waals surface area contributed by atoms with Crippen LogP contribution in [0.25, 0.3) is 16.8 Å². The standard InChI is InChI=1S/C22H18ClN5/c1-15-22(18-6-7-19(13-24)21(23)12-18)16(2)28(26-15)14-17-4-8-20(9-5-17)27-11-3-10-25-27/h3-12H,14H2,1-2H3. The third-order valence-corrected chi connectivity index (χ3v) is 5.11. The van der Waals surface area contributed by atoms with Crippen molar-refractivity contribution in [2.24, 2.45) is 0 Å². The Morgan fingerprint density at radius 2 is 1.89 bits per heavy atom. The lowest BCUT2D eigenvalue weighted by Gasteiger charge is -2.08. The Morgan fingerprint density at radius 1 is 1.11 bits per heavy atom. The molecule has 0 radical (unpaired) electrons. The molecule has 138 valence electrons. The van der Waals surface area contributed by atoms with Gasteiger partial charge in [-0.25, -0.2) is 4.68 Å². The molecule has 4 rings (SSSR count). The van der Waals surface area contributed by atoms with E-state index in [1.165, 1.54) is 0 Å². The Kier molecular flexibility index (Phi) is 4.72. The van der Waals surface area contributed by atoms with Gasteiger partial charge in [-0.3, -0.25) is 4.68 Å². The number of rotatable bonds is 4. The molecule has 5 nitrogen and oxygen atoms in total. The van der Waals surface area contributed by atoms with E-state index in [0.717, 1.165) is 33.8 Å². The Hall–Kier alpha value is -3.36. The van der Waals surface area contributed by atoms with Gasteiger partial charge in [0.1, 0.15) is 6.07 Å². The zero-order valence-corrected chi connectivity index (χ0v) is 16.4. The van der Waals surface area contributed by atoms with Gasteiger partial charge in [0.05, 0.1) is 28.5 Å². The van der Waals surface area contributed by atoms with Gasteiger partial charge in [-0.2, -0.15) is 15.5 Å². The van der Waals surface area contributed by atoms with E-state index < -0.39 is 0 Å². The van der Waals surface area contributed by atoms with Gasteiger partial charge in [0.25, 0.3) is 0 Å². The summed E-state index contributed by atoms with van der Waals surface area (Å²) in [6.45, 7) is 4.72. The molecular weight excluding hydrogens is 370 g/mol. The molecule has 0 aliphatic heterocycles. The van der Waals surface area contributed by atoms with Gasteiger partial charge in [0.2, 0.25) is 0 Å². The summed E-state index contributed by atoms with van der Waals surface area (Å²) < 4.78 is 3.83. The largest absolute Gasteiger partial charge is 0.265 e. The summed E-state index contributed by atoms with van der Waals surface area (Å²) in [5.41, 5.74) is 6.69. The van der Waals surface area contributed by atoms with E-state index in [1.54, 1.807) is 12.3 Å². The average molecular weight is 388 g/mol. The summed E-state index contributed by atoms with van der Waals surface area (Å²) in [6.07, 6.45) is 3.69. The fourth-order valence-corrected chi connectivity index (χ4v) is 3.60. The molecule has 0 bridgehead atoms. The minimum absolute atomic E-state index is 0.459. The monoisotopic (exact) mass is 387 g/mol. The Morgan fingerprint density at radius 3 is 2.54 bits per heavy atom. The van der Waals surface area contributed by atoms with Crippen molar-refractivity contribution in [2.45, 2.75) is 20.4 Å². The molecule has 0 N–H and O–H groups in total.